The number of carbonyl (C=O) groups is 6. The standard InChI is InChI=1S/C49H54N12O7/c62-40-15-14-38(47(65)55-40)61-48(66)37-8-4-9-39(43(37)49(61)67)68-29-42(64)59-24-20-57(21-25-59)17-5-16-56-18-22-58(23-19-56)35-12-10-33(11-13-35)54-45-44-46(51-30-50-45)60(31-52-44)36-27-34(28-36)53-41(63)26-32-6-2-1-3-7-32/h1-4,6-13,30-31,34,36,38H,5,14-29H2,(H,53,63)(H,50,51,54)(H,55,62,65)/t34?,36?,38-/m0/s1. The number of nitrogens with zero attached hydrogens (tertiary/aromatic N) is 9. The number of nitrogens with one attached hydrogen (secondary N) is 3. The van der Waals surface area contributed by atoms with E-state index < -0.39 is 29.7 Å². The van der Waals surface area contributed by atoms with Crippen molar-refractivity contribution in [1.82, 2.24) is 49.8 Å². The minimum absolute atomic E-state index is 0.0267. The van der Waals surface area contributed by atoms with Crippen LogP contribution >= 0.6 is 0 Å². The Labute approximate surface area is 392 Å². The molecule has 1 saturated carbocycles. The van der Waals surface area contributed by atoms with Crippen LogP contribution in [0.3, 0.4) is 0 Å². The molecule has 0 spiro atoms. The number of amides is 6. The van der Waals surface area contributed by atoms with Crippen LogP contribution in [-0.4, -0.2) is 159 Å². The number of benzene rings is 3. The molecule has 1 aliphatic carbocycles. The minimum atomic E-state index is -1.08. The number of aromatic nitrogens is 4. The first-order valence-corrected chi connectivity index (χ1v) is 23.5. The third kappa shape index (κ3) is 9.48. The highest BCUT2D eigenvalue weighted by Gasteiger charge is 2.46. The SMILES string of the molecule is O=C1CC[C@H](N2C(=O)c3cccc(OCC(=O)N4CCN(CCCN5CCN(c6ccc(Nc7ncnc8c7ncn8C7CC(NC(=O)Cc8ccccc8)C7)cc6)CC5)CC4)c3C2=O)C(=O)N1. The molecular weight excluding hydrogens is 869 g/mol. The van der Waals surface area contributed by atoms with Gasteiger partial charge in [-0.3, -0.25) is 48.8 Å². The molecule has 4 fully saturated rings. The summed E-state index contributed by atoms with van der Waals surface area (Å²) in [6.45, 7) is 8.13. The maximum absolute atomic E-state index is 13.4. The van der Waals surface area contributed by atoms with E-state index in [-0.39, 0.29) is 60.2 Å². The number of fused-ring (bicyclic) bond motifs is 2. The van der Waals surface area contributed by atoms with Crippen molar-refractivity contribution in [3.63, 3.8) is 0 Å². The Balaban J connectivity index is 0.624. The molecule has 6 heterocycles. The van der Waals surface area contributed by atoms with Crippen molar-refractivity contribution in [2.75, 3.05) is 82.3 Å². The van der Waals surface area contributed by atoms with Crippen LogP contribution in [0, 0.1) is 0 Å². The van der Waals surface area contributed by atoms with Crippen molar-refractivity contribution in [3.05, 3.63) is 102 Å². The van der Waals surface area contributed by atoms with Crippen molar-refractivity contribution in [1.29, 1.82) is 0 Å². The number of piperidine rings is 1. The summed E-state index contributed by atoms with van der Waals surface area (Å²) in [4.78, 5) is 100. The molecule has 68 heavy (non-hydrogen) atoms. The van der Waals surface area contributed by atoms with Gasteiger partial charge in [0.15, 0.2) is 23.6 Å². The normalized spacial score (nSPS) is 21.1. The number of piperazine rings is 2. The monoisotopic (exact) mass is 922 g/mol. The van der Waals surface area contributed by atoms with Crippen molar-refractivity contribution in [2.24, 2.45) is 0 Å². The Hall–Kier alpha value is -7.25. The molecule has 0 unspecified atom stereocenters. The highest BCUT2D eigenvalue weighted by molar-refractivity contribution is 6.24. The summed E-state index contributed by atoms with van der Waals surface area (Å²) < 4.78 is 7.93. The van der Waals surface area contributed by atoms with E-state index >= 15 is 0 Å². The summed E-state index contributed by atoms with van der Waals surface area (Å²) in [7, 11) is 0. The molecule has 2 aromatic heterocycles. The van der Waals surface area contributed by atoms with E-state index in [0.717, 1.165) is 93.4 Å². The van der Waals surface area contributed by atoms with E-state index in [2.05, 4.69) is 74.4 Å². The van der Waals surface area contributed by atoms with Gasteiger partial charge in [0.25, 0.3) is 17.7 Å². The minimum Gasteiger partial charge on any atom is -0.483 e. The van der Waals surface area contributed by atoms with Gasteiger partial charge in [-0.05, 0) is 80.7 Å². The lowest BCUT2D eigenvalue weighted by Gasteiger charge is -2.37. The molecule has 1 atom stereocenters. The van der Waals surface area contributed by atoms with Gasteiger partial charge < -0.3 is 29.7 Å². The number of anilines is 3. The first-order valence-electron chi connectivity index (χ1n) is 23.5. The summed E-state index contributed by atoms with van der Waals surface area (Å²) >= 11 is 0. The third-order valence-corrected chi connectivity index (χ3v) is 13.8. The van der Waals surface area contributed by atoms with Gasteiger partial charge in [0.05, 0.1) is 23.9 Å². The lowest BCUT2D eigenvalue weighted by atomic mass is 9.86. The smallest absolute Gasteiger partial charge is 0.266 e. The number of imide groups is 2. The fraction of sp³-hybridized carbons (Fsp3) is 0.408. The lowest BCUT2D eigenvalue weighted by molar-refractivity contribution is -0.136. The quantitative estimate of drug-likeness (QED) is 0.129. The van der Waals surface area contributed by atoms with Crippen LogP contribution in [0.15, 0.2) is 85.5 Å². The Morgan fingerprint density at radius 3 is 2.25 bits per heavy atom. The van der Waals surface area contributed by atoms with E-state index in [4.69, 9.17) is 4.74 Å². The topological polar surface area (TPSA) is 208 Å². The van der Waals surface area contributed by atoms with Crippen molar-refractivity contribution >= 4 is 63.8 Å². The molecule has 3 aromatic carbocycles. The highest BCUT2D eigenvalue weighted by Crippen LogP contribution is 2.36. The molecule has 19 heteroatoms. The predicted octanol–water partition coefficient (Wildman–Crippen LogP) is 2.77. The molecule has 6 amide bonds. The second kappa shape index (κ2) is 19.5. The van der Waals surface area contributed by atoms with E-state index in [0.29, 0.717) is 30.8 Å². The Kier molecular flexibility index (Phi) is 12.8. The van der Waals surface area contributed by atoms with Gasteiger partial charge in [-0.1, -0.05) is 36.4 Å². The highest BCUT2D eigenvalue weighted by atomic mass is 16.5. The Morgan fingerprint density at radius 1 is 0.779 bits per heavy atom. The number of hydrogen-bond donors (Lipinski definition) is 3. The summed E-state index contributed by atoms with van der Waals surface area (Å²) in [5.74, 6) is -1.82. The zero-order valence-corrected chi connectivity index (χ0v) is 37.7. The zero-order chi connectivity index (χ0) is 46.7. The van der Waals surface area contributed by atoms with Gasteiger partial charge >= 0.3 is 0 Å². The molecule has 10 rings (SSSR count). The van der Waals surface area contributed by atoms with Gasteiger partial charge in [-0.25, -0.2) is 15.0 Å². The van der Waals surface area contributed by atoms with Crippen molar-refractivity contribution in [3.8, 4) is 5.75 Å². The number of carbonyl (C=O) groups excluding carboxylic acids is 6. The van der Waals surface area contributed by atoms with Crippen LogP contribution < -0.4 is 25.6 Å². The fourth-order valence-corrected chi connectivity index (χ4v) is 9.90. The van der Waals surface area contributed by atoms with Crippen LogP contribution in [0.1, 0.15) is 64.4 Å². The van der Waals surface area contributed by atoms with Crippen LogP contribution in [0.4, 0.5) is 17.2 Å². The average molecular weight is 923 g/mol. The van der Waals surface area contributed by atoms with Crippen LogP contribution in [0.25, 0.3) is 11.2 Å². The number of ether oxygens (including phenoxy) is 1. The molecule has 19 nitrogen and oxygen atoms in total. The van der Waals surface area contributed by atoms with E-state index in [1.807, 2.05) is 36.7 Å². The summed E-state index contributed by atoms with van der Waals surface area (Å²) in [5.41, 5.74) is 4.71. The summed E-state index contributed by atoms with van der Waals surface area (Å²) in [6.07, 6.45) is 6.53. The maximum atomic E-state index is 13.4. The van der Waals surface area contributed by atoms with E-state index in [1.54, 1.807) is 23.4 Å². The Bertz CT molecular complexity index is 2710. The van der Waals surface area contributed by atoms with Gasteiger partial charge in [-0.15, -0.1) is 0 Å². The molecule has 3 saturated heterocycles. The predicted molar refractivity (Wildman–Crippen MR) is 250 cm³/mol. The average Bonchev–Trinajstić information content (AvgIpc) is 3.88. The Morgan fingerprint density at radius 2 is 1.51 bits per heavy atom. The van der Waals surface area contributed by atoms with Crippen LogP contribution in [-0.2, 0) is 25.6 Å². The largest absolute Gasteiger partial charge is 0.483 e. The molecule has 0 radical (unpaired) electrons. The van der Waals surface area contributed by atoms with Crippen LogP contribution in [0.2, 0.25) is 0 Å². The molecule has 5 aromatic rings. The first kappa shape index (κ1) is 44.6. The number of hydrogen-bond acceptors (Lipinski definition) is 14. The van der Waals surface area contributed by atoms with Gasteiger partial charge in [0.2, 0.25) is 17.7 Å². The third-order valence-electron chi connectivity index (χ3n) is 13.8. The van der Waals surface area contributed by atoms with Gasteiger partial charge in [-0.2, -0.15) is 0 Å². The zero-order valence-electron chi connectivity index (χ0n) is 37.7. The number of rotatable bonds is 15. The molecular formula is C49H54N12O7. The summed E-state index contributed by atoms with van der Waals surface area (Å²) in [5, 5.41) is 8.80. The lowest BCUT2D eigenvalue weighted by Crippen LogP contribution is -2.54. The molecule has 4 aliphatic heterocycles. The van der Waals surface area contributed by atoms with Gasteiger partial charge in [0.1, 0.15) is 18.1 Å². The van der Waals surface area contributed by atoms with Gasteiger partial charge in [0, 0.05) is 82.2 Å². The molecule has 0 bridgehead atoms. The van der Waals surface area contributed by atoms with Crippen LogP contribution in [0.5, 0.6) is 5.75 Å². The molecule has 352 valence electrons. The first-order chi connectivity index (χ1) is 33.1. The number of imidazole rings is 1. The second-order valence-corrected chi connectivity index (χ2v) is 18.1. The van der Waals surface area contributed by atoms with Crippen molar-refractivity contribution in [2.45, 2.75) is 56.7 Å². The maximum Gasteiger partial charge on any atom is 0.266 e. The van der Waals surface area contributed by atoms with E-state index in [1.165, 1.54) is 11.8 Å². The fourth-order valence-electron chi connectivity index (χ4n) is 9.90. The summed E-state index contributed by atoms with van der Waals surface area (Å²) in [6, 6.07) is 22.1. The van der Waals surface area contributed by atoms with E-state index in [9.17, 15) is 28.8 Å². The molecule has 5 aliphatic rings. The molecule has 3 N–H and O–H groups in total. The second-order valence-electron chi connectivity index (χ2n) is 18.1. The van der Waals surface area contributed by atoms with Crippen molar-refractivity contribution < 1.29 is 33.5 Å².